The molecular formula is C10H19NO5. The molecule has 16 heavy (non-hydrogen) atoms. The van der Waals surface area contributed by atoms with Gasteiger partial charge in [0.15, 0.2) is 6.10 Å². The predicted octanol–water partition coefficient (Wildman–Crippen LogP) is -0.825. The normalized spacial score (nSPS) is 13.3. The van der Waals surface area contributed by atoms with Gasteiger partial charge in [-0.15, -0.1) is 0 Å². The highest BCUT2D eigenvalue weighted by atomic mass is 16.6. The zero-order valence-corrected chi connectivity index (χ0v) is 9.60. The van der Waals surface area contributed by atoms with Gasteiger partial charge in [-0.05, 0) is 13.0 Å². The highest BCUT2D eigenvalue weighted by Crippen LogP contribution is 2.20. The van der Waals surface area contributed by atoms with E-state index >= 15 is 0 Å². The van der Waals surface area contributed by atoms with Crippen molar-refractivity contribution < 1.29 is 24.5 Å². The van der Waals surface area contributed by atoms with Crippen molar-refractivity contribution in [3.05, 3.63) is 0 Å². The Morgan fingerprint density at radius 1 is 1.44 bits per heavy atom. The first-order valence-corrected chi connectivity index (χ1v) is 5.08. The van der Waals surface area contributed by atoms with Gasteiger partial charge in [0.05, 0.1) is 6.61 Å². The lowest BCUT2D eigenvalue weighted by molar-refractivity contribution is -0.171. The fourth-order valence-corrected chi connectivity index (χ4v) is 0.871. The Hall–Kier alpha value is -0.980. The maximum Gasteiger partial charge on any atom is 0.343 e. The molecule has 0 amide bonds. The van der Waals surface area contributed by atoms with Gasteiger partial charge >= 0.3 is 11.9 Å². The first kappa shape index (κ1) is 15.0. The van der Waals surface area contributed by atoms with Crippen LogP contribution in [0.5, 0.6) is 0 Å². The smallest absolute Gasteiger partial charge is 0.343 e. The second-order valence-electron chi connectivity index (χ2n) is 4.23. The summed E-state index contributed by atoms with van der Waals surface area (Å²) in [4.78, 5) is 22.3. The lowest BCUT2D eigenvalue weighted by Gasteiger charge is -2.25. The fraction of sp³-hybridized carbons (Fsp3) is 0.800. The summed E-state index contributed by atoms with van der Waals surface area (Å²) in [6, 6.07) is 0. The second kappa shape index (κ2) is 6.57. The van der Waals surface area contributed by atoms with Crippen LogP contribution in [0.1, 0.15) is 26.7 Å². The number of hydrogen-bond acceptors (Lipinski definition) is 6. The maximum atomic E-state index is 11.3. The van der Waals surface area contributed by atoms with E-state index in [0.717, 1.165) is 0 Å². The molecule has 4 N–H and O–H groups in total. The molecule has 0 radical (unpaired) electrons. The number of esters is 2. The van der Waals surface area contributed by atoms with Crippen LogP contribution in [-0.4, -0.2) is 41.4 Å². The molecule has 0 heterocycles. The summed E-state index contributed by atoms with van der Waals surface area (Å²) < 4.78 is 4.41. The molecule has 6 nitrogen and oxygen atoms in total. The number of aliphatic hydroxyl groups is 2. The monoisotopic (exact) mass is 233 g/mol. The number of carbonyl (C=O) groups excluding carboxylic acids is 2. The van der Waals surface area contributed by atoms with E-state index < -0.39 is 23.5 Å². The lowest BCUT2D eigenvalue weighted by Crippen LogP contribution is -2.41. The zero-order valence-electron chi connectivity index (χ0n) is 9.60. The van der Waals surface area contributed by atoms with Crippen molar-refractivity contribution >= 4 is 11.9 Å². The third-order valence-electron chi connectivity index (χ3n) is 2.17. The summed E-state index contributed by atoms with van der Waals surface area (Å²) in [5, 5.41) is 18.4. The standard InChI is InChI=1S/C10H19NO5/c1-10(2,6-12)8(14)9(15)16-7(13)4-3-5-11/h8,12,14H,3-6,11H2,1-2H3/t8-/m0/s1. The van der Waals surface area contributed by atoms with Gasteiger partial charge in [-0.25, -0.2) is 4.79 Å². The van der Waals surface area contributed by atoms with Crippen LogP contribution in [0.4, 0.5) is 0 Å². The van der Waals surface area contributed by atoms with E-state index in [1.807, 2.05) is 0 Å². The molecule has 0 aromatic rings. The van der Waals surface area contributed by atoms with Crippen LogP contribution in [0.25, 0.3) is 0 Å². The van der Waals surface area contributed by atoms with Crippen molar-refractivity contribution in [3.63, 3.8) is 0 Å². The summed E-state index contributed by atoms with van der Waals surface area (Å²) in [6.07, 6.45) is -1.07. The Bertz CT molecular complexity index is 252. The van der Waals surface area contributed by atoms with Crippen molar-refractivity contribution in [1.29, 1.82) is 0 Å². The van der Waals surface area contributed by atoms with Gasteiger partial charge in [0, 0.05) is 11.8 Å². The van der Waals surface area contributed by atoms with Crippen LogP contribution >= 0.6 is 0 Å². The Morgan fingerprint density at radius 2 is 2.00 bits per heavy atom. The maximum absolute atomic E-state index is 11.3. The van der Waals surface area contributed by atoms with Crippen LogP contribution in [-0.2, 0) is 14.3 Å². The molecule has 0 aliphatic rings. The number of carbonyl (C=O) groups is 2. The number of hydrogen-bond donors (Lipinski definition) is 3. The van der Waals surface area contributed by atoms with E-state index in [-0.39, 0.29) is 13.0 Å². The number of nitrogens with two attached hydrogens (primary N) is 1. The molecule has 0 aliphatic carbocycles. The molecule has 0 aromatic carbocycles. The molecule has 0 rings (SSSR count). The van der Waals surface area contributed by atoms with Gasteiger partial charge in [0.1, 0.15) is 0 Å². The van der Waals surface area contributed by atoms with Crippen LogP contribution < -0.4 is 5.73 Å². The van der Waals surface area contributed by atoms with Gasteiger partial charge in [0.25, 0.3) is 0 Å². The SMILES string of the molecule is CC(C)(CO)[C@@H](O)C(=O)OC(=O)CCCN. The minimum atomic E-state index is -1.53. The van der Waals surface area contributed by atoms with Gasteiger partial charge in [-0.3, -0.25) is 4.79 Å². The van der Waals surface area contributed by atoms with Crippen LogP contribution in [0.15, 0.2) is 0 Å². The minimum absolute atomic E-state index is 0.0362. The van der Waals surface area contributed by atoms with Gasteiger partial charge in [0.2, 0.25) is 0 Å². The summed E-state index contributed by atoms with van der Waals surface area (Å²) in [7, 11) is 0. The molecular weight excluding hydrogens is 214 g/mol. The van der Waals surface area contributed by atoms with E-state index in [4.69, 9.17) is 10.8 Å². The van der Waals surface area contributed by atoms with Crippen molar-refractivity contribution in [1.82, 2.24) is 0 Å². The van der Waals surface area contributed by atoms with E-state index in [9.17, 15) is 14.7 Å². The fourth-order valence-electron chi connectivity index (χ4n) is 0.871. The molecule has 0 saturated carbocycles. The number of aliphatic hydroxyl groups excluding tert-OH is 2. The summed E-state index contributed by atoms with van der Waals surface area (Å²) >= 11 is 0. The van der Waals surface area contributed by atoms with Crippen LogP contribution in [0, 0.1) is 5.41 Å². The highest BCUT2D eigenvalue weighted by Gasteiger charge is 2.35. The largest absolute Gasteiger partial charge is 0.396 e. The molecule has 0 fully saturated rings. The average molecular weight is 233 g/mol. The van der Waals surface area contributed by atoms with Crippen molar-refractivity contribution in [2.24, 2.45) is 11.1 Å². The molecule has 0 saturated heterocycles. The Morgan fingerprint density at radius 3 is 2.44 bits per heavy atom. The summed E-state index contributed by atoms with van der Waals surface area (Å²) in [5.74, 6) is -1.76. The molecule has 6 heteroatoms. The van der Waals surface area contributed by atoms with Gasteiger partial charge in [-0.2, -0.15) is 0 Å². The molecule has 0 unspecified atom stereocenters. The topological polar surface area (TPSA) is 110 Å². The average Bonchev–Trinajstić information content (AvgIpc) is 2.25. The van der Waals surface area contributed by atoms with E-state index in [0.29, 0.717) is 13.0 Å². The third-order valence-corrected chi connectivity index (χ3v) is 2.17. The molecule has 0 aliphatic heterocycles. The van der Waals surface area contributed by atoms with E-state index in [1.165, 1.54) is 13.8 Å². The molecule has 0 aromatic heterocycles. The molecule has 0 spiro atoms. The molecule has 1 atom stereocenters. The Kier molecular flexibility index (Phi) is 6.17. The first-order chi connectivity index (χ1) is 7.35. The summed E-state index contributed by atoms with van der Waals surface area (Å²) in [5.41, 5.74) is 4.15. The zero-order chi connectivity index (χ0) is 12.8. The Labute approximate surface area is 94.4 Å². The Balaban J connectivity index is 4.20. The second-order valence-corrected chi connectivity index (χ2v) is 4.23. The van der Waals surface area contributed by atoms with Crippen molar-refractivity contribution in [2.75, 3.05) is 13.2 Å². The van der Waals surface area contributed by atoms with Crippen molar-refractivity contribution in [2.45, 2.75) is 32.8 Å². The van der Waals surface area contributed by atoms with Gasteiger partial charge in [-0.1, -0.05) is 13.8 Å². The highest BCUT2D eigenvalue weighted by molar-refractivity contribution is 5.88. The summed E-state index contributed by atoms with van der Waals surface area (Å²) in [6.45, 7) is 2.92. The quantitative estimate of drug-likeness (QED) is 0.408. The predicted molar refractivity (Wildman–Crippen MR) is 56.3 cm³/mol. The molecule has 94 valence electrons. The molecule has 0 bridgehead atoms. The lowest BCUT2D eigenvalue weighted by atomic mass is 9.88. The minimum Gasteiger partial charge on any atom is -0.396 e. The number of rotatable bonds is 6. The van der Waals surface area contributed by atoms with Crippen LogP contribution in [0.3, 0.4) is 0 Å². The van der Waals surface area contributed by atoms with Crippen LogP contribution in [0.2, 0.25) is 0 Å². The van der Waals surface area contributed by atoms with Crippen molar-refractivity contribution in [3.8, 4) is 0 Å². The van der Waals surface area contributed by atoms with E-state index in [1.54, 1.807) is 0 Å². The third kappa shape index (κ3) is 4.69. The van der Waals surface area contributed by atoms with Gasteiger partial charge < -0.3 is 20.7 Å². The van der Waals surface area contributed by atoms with E-state index in [2.05, 4.69) is 4.74 Å². The first-order valence-electron chi connectivity index (χ1n) is 5.08. The number of ether oxygens (including phenoxy) is 1.